The zero-order valence-electron chi connectivity index (χ0n) is 33.5. The smallest absolute Gasteiger partial charge is 0.127 e. The maximum atomic E-state index is 3.63. The Morgan fingerprint density at radius 3 is 0.943 bits per heavy atom. The van der Waals surface area contributed by atoms with Crippen LogP contribution in [0.1, 0.15) is 107 Å². The third kappa shape index (κ3) is 8.60. The molecule has 0 fully saturated rings. The first-order valence-corrected chi connectivity index (χ1v) is 23.2. The molecule has 0 saturated carbocycles. The molecule has 2 heteroatoms. The summed E-state index contributed by atoms with van der Waals surface area (Å²) in [6.45, 7) is 27.2. The second kappa shape index (κ2) is 14.2. The van der Waals surface area contributed by atoms with Crippen molar-refractivity contribution >= 4 is 30.7 Å². The van der Waals surface area contributed by atoms with Crippen LogP contribution in [0.3, 0.4) is 0 Å². The van der Waals surface area contributed by atoms with Crippen molar-refractivity contribution in [1.82, 2.24) is 0 Å². The molecule has 0 aromatic heterocycles. The summed E-state index contributed by atoms with van der Waals surface area (Å²) < 4.78 is 1.22. The molecule has 6 aliphatic carbocycles. The Morgan fingerprint density at radius 1 is 0.377 bits per heavy atom. The summed E-state index contributed by atoms with van der Waals surface area (Å²) in [5.74, 6) is 18.0. The van der Waals surface area contributed by atoms with Gasteiger partial charge in [0.2, 0.25) is 0 Å². The minimum absolute atomic E-state index is 0.0173. The summed E-state index contributed by atoms with van der Waals surface area (Å²) in [6, 6.07) is 33.6. The van der Waals surface area contributed by atoms with E-state index in [1.807, 2.05) is 0 Å². The third-order valence-corrected chi connectivity index (χ3v) is 11.6. The normalized spacial score (nSPS) is 12.2. The van der Waals surface area contributed by atoms with Gasteiger partial charge >= 0.3 is 0 Å². The SMILES string of the molecule is CC(C)(C)c1ccc2c(I)cc(C#Cc3cc(C#Cc4cc(C#C[Si](C)(C)C)c5ccc(C(C)(C)C)ccc4-5)c4ccc(C(C)(C)C)ccc3-4)c-2cc1. The van der Waals surface area contributed by atoms with Crippen LogP contribution in [-0.4, -0.2) is 8.07 Å². The maximum absolute atomic E-state index is 3.63. The standard InChI is InChI=1S/C51H51ISi/c1-49(2,3)39-17-23-42-34(13-14-36-32-38(29-30-53(10,11)12)45-26-20-40(50(4,5)6)19-25-44(36)45)31-35(43(42)24-18-39)15-16-37-33-48(52)47-28-22-41(51(7,8)9)21-27-46(37)47/h17-28,31-33H,1-12H3. The number of hydrogen-bond donors (Lipinski definition) is 0. The fourth-order valence-corrected chi connectivity index (χ4v) is 7.84. The molecular weight excluding hydrogens is 768 g/mol. The predicted molar refractivity (Wildman–Crippen MR) is 240 cm³/mol. The minimum Gasteiger partial charge on any atom is -0.127 e. The first-order valence-electron chi connectivity index (χ1n) is 18.6. The van der Waals surface area contributed by atoms with Crippen LogP contribution < -0.4 is 0 Å². The second-order valence-electron chi connectivity index (χ2n) is 18.4. The van der Waals surface area contributed by atoms with Crippen LogP contribution in [0.5, 0.6) is 0 Å². The quantitative estimate of drug-likeness (QED) is 0.0814. The molecule has 0 radical (unpaired) electrons. The van der Waals surface area contributed by atoms with Crippen molar-refractivity contribution in [1.29, 1.82) is 0 Å². The Morgan fingerprint density at radius 2 is 0.642 bits per heavy atom. The molecule has 6 aliphatic rings. The lowest BCUT2D eigenvalue weighted by molar-refractivity contribution is 0.590. The number of halogens is 1. The molecule has 0 aliphatic heterocycles. The van der Waals surface area contributed by atoms with Crippen LogP contribution in [0.4, 0.5) is 0 Å². The van der Waals surface area contributed by atoms with Gasteiger partial charge < -0.3 is 0 Å². The molecule has 0 nitrogen and oxygen atoms in total. The molecule has 0 bridgehead atoms. The van der Waals surface area contributed by atoms with Crippen LogP contribution in [0.2, 0.25) is 19.6 Å². The van der Waals surface area contributed by atoms with Crippen LogP contribution >= 0.6 is 22.6 Å². The highest BCUT2D eigenvalue weighted by Gasteiger charge is 2.21. The van der Waals surface area contributed by atoms with Gasteiger partial charge in [-0.05, 0) is 107 Å². The Balaban J connectivity index is 1.51. The second-order valence-corrected chi connectivity index (χ2v) is 24.4. The van der Waals surface area contributed by atoms with E-state index in [0.717, 1.165) is 50.1 Å². The van der Waals surface area contributed by atoms with Crippen molar-refractivity contribution in [3.8, 4) is 68.5 Å². The van der Waals surface area contributed by atoms with Gasteiger partial charge in [0.05, 0.1) is 0 Å². The molecule has 0 aromatic carbocycles. The highest BCUT2D eigenvalue weighted by molar-refractivity contribution is 14.1. The van der Waals surface area contributed by atoms with E-state index in [1.54, 1.807) is 0 Å². The molecule has 6 rings (SSSR count). The molecular formula is C51H51ISi. The van der Waals surface area contributed by atoms with Gasteiger partial charge in [-0.1, -0.05) is 184 Å². The van der Waals surface area contributed by atoms with E-state index < -0.39 is 8.07 Å². The third-order valence-electron chi connectivity index (χ3n) is 9.84. The number of hydrogen-bond acceptors (Lipinski definition) is 0. The van der Waals surface area contributed by atoms with Crippen LogP contribution in [0.25, 0.3) is 33.4 Å². The summed E-state index contributed by atoms with van der Waals surface area (Å²) >= 11 is 2.45. The zero-order valence-corrected chi connectivity index (χ0v) is 36.7. The van der Waals surface area contributed by atoms with Crippen LogP contribution in [0.15, 0.2) is 91.0 Å². The van der Waals surface area contributed by atoms with Crippen molar-refractivity contribution in [2.45, 2.75) is 98.2 Å². The van der Waals surface area contributed by atoms with E-state index in [4.69, 9.17) is 0 Å². The van der Waals surface area contributed by atoms with Gasteiger partial charge in [0.1, 0.15) is 8.07 Å². The van der Waals surface area contributed by atoms with Crippen LogP contribution in [0, 0.1) is 38.7 Å². The molecule has 0 heterocycles. The van der Waals surface area contributed by atoms with Gasteiger partial charge in [0.25, 0.3) is 0 Å². The molecule has 0 unspecified atom stereocenters. The van der Waals surface area contributed by atoms with Gasteiger partial charge in [-0.2, -0.15) is 0 Å². The van der Waals surface area contributed by atoms with E-state index in [0.29, 0.717) is 0 Å². The van der Waals surface area contributed by atoms with E-state index in [9.17, 15) is 0 Å². The Labute approximate surface area is 334 Å². The predicted octanol–water partition coefficient (Wildman–Crippen LogP) is 13.5. The van der Waals surface area contributed by atoms with Gasteiger partial charge in [0, 0.05) is 31.4 Å². The molecule has 0 atom stereocenters. The monoisotopic (exact) mass is 818 g/mol. The van der Waals surface area contributed by atoms with Gasteiger partial charge in [-0.3, -0.25) is 0 Å². The van der Waals surface area contributed by atoms with Crippen molar-refractivity contribution in [3.63, 3.8) is 0 Å². The Hall–Kier alpha value is -4.27. The fourth-order valence-electron chi connectivity index (χ4n) is 6.55. The molecule has 0 spiro atoms. The molecule has 266 valence electrons. The van der Waals surface area contributed by atoms with Crippen molar-refractivity contribution in [2.24, 2.45) is 0 Å². The van der Waals surface area contributed by atoms with Crippen LogP contribution in [-0.2, 0) is 16.2 Å². The highest BCUT2D eigenvalue weighted by Crippen LogP contribution is 2.37. The first kappa shape index (κ1) is 38.5. The molecule has 53 heavy (non-hydrogen) atoms. The molecule has 0 aromatic rings. The van der Waals surface area contributed by atoms with E-state index >= 15 is 0 Å². The van der Waals surface area contributed by atoms with Crippen molar-refractivity contribution < 1.29 is 0 Å². The number of rotatable bonds is 0. The lowest BCUT2D eigenvalue weighted by Gasteiger charge is -2.17. The molecule has 0 amide bonds. The molecule has 0 N–H and O–H groups in total. The first-order chi connectivity index (χ1) is 24.7. The van der Waals surface area contributed by atoms with E-state index in [1.165, 1.54) is 31.4 Å². The summed E-state index contributed by atoms with van der Waals surface area (Å²) in [5.41, 5.74) is 19.7. The van der Waals surface area contributed by atoms with Gasteiger partial charge in [-0.15, -0.1) is 5.54 Å². The van der Waals surface area contributed by atoms with Crippen molar-refractivity contribution in [3.05, 3.63) is 139 Å². The summed E-state index contributed by atoms with van der Waals surface area (Å²) in [7, 11) is -1.58. The Kier molecular flexibility index (Phi) is 10.3. The van der Waals surface area contributed by atoms with Gasteiger partial charge in [0.15, 0.2) is 0 Å². The maximum Gasteiger partial charge on any atom is 0.129 e. The number of fused-ring (bicyclic) bond motifs is 3. The topological polar surface area (TPSA) is 0 Å². The fraction of sp³-hybridized carbons (Fsp3) is 0.294. The highest BCUT2D eigenvalue weighted by atomic mass is 127. The van der Waals surface area contributed by atoms with Crippen molar-refractivity contribution in [2.75, 3.05) is 0 Å². The summed E-state index contributed by atoms with van der Waals surface area (Å²) in [6.07, 6.45) is 0. The largest absolute Gasteiger partial charge is 0.129 e. The van der Waals surface area contributed by atoms with E-state index in [2.05, 4.69) is 231 Å². The lowest BCUT2D eigenvalue weighted by atomic mass is 9.88. The zero-order chi connectivity index (χ0) is 38.5. The average Bonchev–Trinajstić information content (AvgIpc) is 3.37. The van der Waals surface area contributed by atoms with E-state index in [-0.39, 0.29) is 16.2 Å². The Bertz CT molecular complexity index is 2450. The average molecular weight is 819 g/mol. The molecule has 0 saturated heterocycles. The van der Waals surface area contributed by atoms with Gasteiger partial charge in [-0.25, -0.2) is 0 Å². The summed E-state index contributed by atoms with van der Waals surface area (Å²) in [4.78, 5) is 0. The summed E-state index contributed by atoms with van der Waals surface area (Å²) in [5, 5.41) is 0. The lowest BCUT2D eigenvalue weighted by Crippen LogP contribution is -2.16. The minimum atomic E-state index is -1.58.